The van der Waals surface area contributed by atoms with Crippen LogP contribution in [-0.4, -0.2) is 11.5 Å². The van der Waals surface area contributed by atoms with Crippen LogP contribution in [0, 0.1) is 23.7 Å². The SMILES string of the molecule is CCC1(CNc2nc(C)ccc2C#N)CC1. The molecule has 0 radical (unpaired) electrons. The van der Waals surface area contributed by atoms with Crippen molar-refractivity contribution in [2.75, 3.05) is 11.9 Å². The zero-order valence-electron chi connectivity index (χ0n) is 9.88. The lowest BCUT2D eigenvalue weighted by Crippen LogP contribution is -2.16. The van der Waals surface area contributed by atoms with Gasteiger partial charge in [-0.1, -0.05) is 6.92 Å². The molecule has 84 valence electrons. The van der Waals surface area contributed by atoms with Gasteiger partial charge in [-0.05, 0) is 43.7 Å². The Morgan fingerprint density at radius 2 is 2.25 bits per heavy atom. The van der Waals surface area contributed by atoms with Crippen molar-refractivity contribution in [1.29, 1.82) is 5.26 Å². The van der Waals surface area contributed by atoms with Gasteiger partial charge in [0.05, 0.1) is 5.56 Å². The standard InChI is InChI=1S/C13H17N3/c1-3-13(6-7-13)9-15-12-11(8-14)5-4-10(2)16-12/h4-5H,3,6-7,9H2,1-2H3,(H,15,16). The number of rotatable bonds is 4. The fraction of sp³-hybridized carbons (Fsp3) is 0.538. The number of hydrogen-bond donors (Lipinski definition) is 1. The Balaban J connectivity index is 2.09. The minimum atomic E-state index is 0.470. The summed E-state index contributed by atoms with van der Waals surface area (Å²) in [5.41, 5.74) is 2.05. The van der Waals surface area contributed by atoms with E-state index in [1.807, 2.05) is 19.1 Å². The summed E-state index contributed by atoms with van der Waals surface area (Å²) >= 11 is 0. The van der Waals surface area contributed by atoms with E-state index < -0.39 is 0 Å². The first-order valence-corrected chi connectivity index (χ1v) is 5.81. The van der Waals surface area contributed by atoms with Gasteiger partial charge >= 0.3 is 0 Å². The summed E-state index contributed by atoms with van der Waals surface area (Å²) in [5, 5.41) is 12.3. The first-order chi connectivity index (χ1) is 7.69. The second-order valence-corrected chi connectivity index (χ2v) is 4.67. The molecule has 1 fully saturated rings. The molecule has 1 heterocycles. The third kappa shape index (κ3) is 2.16. The van der Waals surface area contributed by atoms with Crippen molar-refractivity contribution >= 4 is 5.82 Å². The van der Waals surface area contributed by atoms with Gasteiger partial charge in [-0.25, -0.2) is 4.98 Å². The maximum Gasteiger partial charge on any atom is 0.144 e. The van der Waals surface area contributed by atoms with Gasteiger partial charge in [0.15, 0.2) is 0 Å². The monoisotopic (exact) mass is 215 g/mol. The molecule has 1 aromatic rings. The fourth-order valence-corrected chi connectivity index (χ4v) is 1.89. The van der Waals surface area contributed by atoms with E-state index in [1.165, 1.54) is 19.3 Å². The van der Waals surface area contributed by atoms with Crippen molar-refractivity contribution in [1.82, 2.24) is 4.98 Å². The van der Waals surface area contributed by atoms with Gasteiger partial charge in [-0.3, -0.25) is 0 Å². The van der Waals surface area contributed by atoms with Crippen molar-refractivity contribution in [2.24, 2.45) is 5.41 Å². The number of aryl methyl sites for hydroxylation is 1. The second-order valence-electron chi connectivity index (χ2n) is 4.67. The number of pyridine rings is 1. The number of aromatic nitrogens is 1. The molecule has 0 bridgehead atoms. The summed E-state index contributed by atoms with van der Waals surface area (Å²) in [4.78, 5) is 4.38. The fourth-order valence-electron chi connectivity index (χ4n) is 1.89. The molecule has 0 amide bonds. The number of nitrogens with zero attached hydrogens (tertiary/aromatic N) is 2. The minimum Gasteiger partial charge on any atom is -0.368 e. The largest absolute Gasteiger partial charge is 0.368 e. The Kier molecular flexibility index (Phi) is 2.82. The zero-order valence-corrected chi connectivity index (χ0v) is 9.88. The quantitative estimate of drug-likeness (QED) is 0.840. The van der Waals surface area contributed by atoms with E-state index in [0.717, 1.165) is 18.1 Å². The van der Waals surface area contributed by atoms with Gasteiger partial charge < -0.3 is 5.32 Å². The van der Waals surface area contributed by atoms with Gasteiger partial charge in [-0.15, -0.1) is 0 Å². The lowest BCUT2D eigenvalue weighted by Gasteiger charge is -2.14. The van der Waals surface area contributed by atoms with Crippen molar-refractivity contribution in [3.05, 3.63) is 23.4 Å². The van der Waals surface area contributed by atoms with E-state index in [-0.39, 0.29) is 0 Å². The average Bonchev–Trinajstić information content (AvgIpc) is 3.07. The molecule has 0 aliphatic heterocycles. The van der Waals surface area contributed by atoms with Crippen LogP contribution in [-0.2, 0) is 0 Å². The molecule has 3 heteroatoms. The second kappa shape index (κ2) is 4.13. The molecule has 0 atom stereocenters. The van der Waals surface area contributed by atoms with Crippen molar-refractivity contribution in [3.8, 4) is 6.07 Å². The molecule has 16 heavy (non-hydrogen) atoms. The first kappa shape index (κ1) is 10.9. The molecule has 1 saturated carbocycles. The topological polar surface area (TPSA) is 48.7 Å². The van der Waals surface area contributed by atoms with Crippen LogP contribution in [0.1, 0.15) is 37.4 Å². The predicted molar refractivity (Wildman–Crippen MR) is 64.1 cm³/mol. The third-order valence-corrected chi connectivity index (χ3v) is 3.49. The van der Waals surface area contributed by atoms with Crippen molar-refractivity contribution < 1.29 is 0 Å². The molecule has 1 aliphatic carbocycles. The summed E-state index contributed by atoms with van der Waals surface area (Å²) in [6.07, 6.45) is 3.79. The van der Waals surface area contributed by atoms with E-state index in [9.17, 15) is 0 Å². The molecule has 0 saturated heterocycles. The van der Waals surface area contributed by atoms with E-state index in [0.29, 0.717) is 11.0 Å². The van der Waals surface area contributed by atoms with Crippen LogP contribution < -0.4 is 5.32 Å². The molecule has 3 nitrogen and oxygen atoms in total. The highest BCUT2D eigenvalue weighted by Gasteiger charge is 2.40. The summed E-state index contributed by atoms with van der Waals surface area (Å²) < 4.78 is 0. The molecule has 0 unspecified atom stereocenters. The van der Waals surface area contributed by atoms with E-state index >= 15 is 0 Å². The normalized spacial score (nSPS) is 16.6. The summed E-state index contributed by atoms with van der Waals surface area (Å²) in [5.74, 6) is 0.738. The van der Waals surface area contributed by atoms with Gasteiger partial charge in [0, 0.05) is 12.2 Å². The lowest BCUT2D eigenvalue weighted by molar-refractivity contribution is 0.520. The Bertz CT molecular complexity index is 427. The summed E-state index contributed by atoms with van der Waals surface area (Å²) in [6.45, 7) is 5.11. The maximum absolute atomic E-state index is 8.98. The van der Waals surface area contributed by atoms with Gasteiger partial charge in [0.1, 0.15) is 11.9 Å². The number of nitriles is 1. The Morgan fingerprint density at radius 1 is 1.50 bits per heavy atom. The highest BCUT2D eigenvalue weighted by atomic mass is 15.0. The van der Waals surface area contributed by atoms with E-state index in [4.69, 9.17) is 5.26 Å². The van der Waals surface area contributed by atoms with Crippen molar-refractivity contribution in [2.45, 2.75) is 33.1 Å². The van der Waals surface area contributed by atoms with Crippen LogP contribution in [0.2, 0.25) is 0 Å². The van der Waals surface area contributed by atoms with Crippen LogP contribution in [0.3, 0.4) is 0 Å². The maximum atomic E-state index is 8.98. The van der Waals surface area contributed by atoms with Crippen LogP contribution >= 0.6 is 0 Å². The van der Waals surface area contributed by atoms with Gasteiger partial charge in [-0.2, -0.15) is 5.26 Å². The lowest BCUT2D eigenvalue weighted by atomic mass is 10.0. The number of anilines is 1. The zero-order chi connectivity index (χ0) is 11.6. The van der Waals surface area contributed by atoms with E-state index in [1.54, 1.807) is 0 Å². The van der Waals surface area contributed by atoms with E-state index in [2.05, 4.69) is 23.3 Å². The Hall–Kier alpha value is -1.56. The highest BCUT2D eigenvalue weighted by molar-refractivity contribution is 5.52. The van der Waals surface area contributed by atoms with Crippen molar-refractivity contribution in [3.63, 3.8) is 0 Å². The first-order valence-electron chi connectivity index (χ1n) is 5.81. The molecule has 1 aliphatic rings. The average molecular weight is 215 g/mol. The van der Waals surface area contributed by atoms with Gasteiger partial charge in [0.2, 0.25) is 0 Å². The van der Waals surface area contributed by atoms with Crippen LogP contribution in [0.4, 0.5) is 5.82 Å². The third-order valence-electron chi connectivity index (χ3n) is 3.49. The summed E-state index contributed by atoms with van der Waals surface area (Å²) in [6, 6.07) is 5.87. The van der Waals surface area contributed by atoms with Crippen LogP contribution in [0.15, 0.2) is 12.1 Å². The molecular weight excluding hydrogens is 198 g/mol. The highest BCUT2D eigenvalue weighted by Crippen LogP contribution is 2.48. The Labute approximate surface area is 96.5 Å². The molecular formula is C13H17N3. The molecule has 2 rings (SSSR count). The molecule has 1 N–H and O–H groups in total. The Morgan fingerprint density at radius 3 is 2.81 bits per heavy atom. The van der Waals surface area contributed by atoms with Gasteiger partial charge in [0.25, 0.3) is 0 Å². The smallest absolute Gasteiger partial charge is 0.144 e. The van der Waals surface area contributed by atoms with Crippen LogP contribution in [0.25, 0.3) is 0 Å². The molecule has 0 aromatic carbocycles. The summed E-state index contributed by atoms with van der Waals surface area (Å²) in [7, 11) is 0. The minimum absolute atomic E-state index is 0.470. The number of hydrogen-bond acceptors (Lipinski definition) is 3. The number of nitrogens with one attached hydrogen (secondary N) is 1. The van der Waals surface area contributed by atoms with Crippen LogP contribution in [0.5, 0.6) is 0 Å². The predicted octanol–water partition coefficient (Wildman–Crippen LogP) is 2.86. The molecule has 0 spiro atoms. The molecule has 1 aromatic heterocycles.